The Labute approximate surface area is 194 Å². The molecule has 0 fully saturated rings. The monoisotopic (exact) mass is 463 g/mol. The van der Waals surface area contributed by atoms with Crippen LogP contribution in [0.15, 0.2) is 36.4 Å². The average molecular weight is 464 g/mol. The maximum atomic E-state index is 13.5. The van der Waals surface area contributed by atoms with E-state index in [1.807, 2.05) is 12.1 Å². The van der Waals surface area contributed by atoms with Crippen molar-refractivity contribution in [2.45, 2.75) is 20.8 Å². The zero-order valence-electron chi connectivity index (χ0n) is 18.7. The molecular formula is C23H30ClN3O3S. The van der Waals surface area contributed by atoms with E-state index in [0.29, 0.717) is 28.7 Å². The summed E-state index contributed by atoms with van der Waals surface area (Å²) in [5.74, 6) is 1.03. The molecule has 3 aromatic rings. The first-order valence-corrected chi connectivity index (χ1v) is 11.0. The van der Waals surface area contributed by atoms with Gasteiger partial charge >= 0.3 is 0 Å². The molecule has 0 atom stereocenters. The van der Waals surface area contributed by atoms with Crippen molar-refractivity contribution in [3.63, 3.8) is 0 Å². The highest BCUT2D eigenvalue weighted by Crippen LogP contribution is 2.32. The molecule has 0 aliphatic heterocycles. The Bertz CT molecular complexity index is 1020. The number of benzene rings is 2. The molecule has 1 heterocycles. The zero-order valence-corrected chi connectivity index (χ0v) is 20.3. The number of thiazole rings is 1. The number of methoxy groups -OCH3 is 2. The third kappa shape index (κ3) is 5.67. The summed E-state index contributed by atoms with van der Waals surface area (Å²) in [6, 6.07) is 11.4. The van der Waals surface area contributed by atoms with Crippen molar-refractivity contribution in [1.82, 2.24) is 9.88 Å². The first kappa shape index (κ1) is 24.9. The Hall–Kier alpha value is -2.35. The van der Waals surface area contributed by atoms with Gasteiger partial charge in [0.05, 0.1) is 24.4 Å². The molecule has 0 saturated heterocycles. The van der Waals surface area contributed by atoms with Crippen molar-refractivity contribution < 1.29 is 14.3 Å². The Morgan fingerprint density at radius 3 is 2.35 bits per heavy atom. The van der Waals surface area contributed by atoms with Crippen LogP contribution in [-0.4, -0.2) is 56.2 Å². The van der Waals surface area contributed by atoms with Gasteiger partial charge in [0, 0.05) is 18.7 Å². The van der Waals surface area contributed by atoms with E-state index in [1.165, 1.54) is 5.56 Å². The van der Waals surface area contributed by atoms with Gasteiger partial charge in [-0.2, -0.15) is 0 Å². The standard InChI is InChI=1S/C23H29N3O3S.ClH/c1-6-25(7-2)12-13-26(23-24-18-10-8-16(3)14-21(18)30-23)22(27)17-9-11-19(28-4)20(15-17)29-5;/h8-11,14-15H,6-7,12-13H2,1-5H3;1H. The number of hydrogen-bond donors (Lipinski definition) is 0. The van der Waals surface area contributed by atoms with Gasteiger partial charge in [-0.3, -0.25) is 9.69 Å². The number of nitrogens with zero attached hydrogens (tertiary/aromatic N) is 3. The molecule has 8 heteroatoms. The lowest BCUT2D eigenvalue weighted by atomic mass is 10.1. The van der Waals surface area contributed by atoms with E-state index in [-0.39, 0.29) is 18.3 Å². The van der Waals surface area contributed by atoms with Gasteiger partial charge in [-0.15, -0.1) is 12.4 Å². The topological polar surface area (TPSA) is 54.9 Å². The van der Waals surface area contributed by atoms with E-state index in [9.17, 15) is 4.79 Å². The third-order valence-corrected chi connectivity index (χ3v) is 6.21. The number of likely N-dealkylation sites (N-methyl/N-ethyl adjacent to an activating group) is 1. The normalized spacial score (nSPS) is 10.8. The Kier molecular flexibility index (Phi) is 9.10. The number of ether oxygens (including phenoxy) is 2. The van der Waals surface area contributed by atoms with Crippen molar-refractivity contribution in [2.75, 3.05) is 45.3 Å². The lowest BCUT2D eigenvalue weighted by Gasteiger charge is -2.25. The molecular weight excluding hydrogens is 434 g/mol. The van der Waals surface area contributed by atoms with Crippen molar-refractivity contribution in [3.8, 4) is 11.5 Å². The number of carbonyl (C=O) groups is 1. The minimum Gasteiger partial charge on any atom is -0.493 e. The Balaban J connectivity index is 0.00000341. The van der Waals surface area contributed by atoms with Crippen molar-refractivity contribution in [2.24, 2.45) is 0 Å². The Morgan fingerprint density at radius 1 is 1.00 bits per heavy atom. The number of aryl methyl sites for hydroxylation is 1. The third-order valence-electron chi connectivity index (χ3n) is 5.17. The zero-order chi connectivity index (χ0) is 21.7. The van der Waals surface area contributed by atoms with E-state index in [0.717, 1.165) is 29.9 Å². The molecule has 168 valence electrons. The largest absolute Gasteiger partial charge is 0.493 e. The fourth-order valence-electron chi connectivity index (χ4n) is 3.33. The second kappa shape index (κ2) is 11.3. The van der Waals surface area contributed by atoms with E-state index in [4.69, 9.17) is 14.5 Å². The summed E-state index contributed by atoms with van der Waals surface area (Å²) < 4.78 is 11.8. The first-order chi connectivity index (χ1) is 14.5. The highest BCUT2D eigenvalue weighted by Gasteiger charge is 2.23. The van der Waals surface area contributed by atoms with Gasteiger partial charge in [0.15, 0.2) is 16.6 Å². The summed E-state index contributed by atoms with van der Waals surface area (Å²) in [6.45, 7) is 9.54. The van der Waals surface area contributed by atoms with Crippen molar-refractivity contribution >= 4 is 45.0 Å². The quantitative estimate of drug-likeness (QED) is 0.445. The minimum absolute atomic E-state index is 0. The number of amides is 1. The second-order valence-corrected chi connectivity index (χ2v) is 8.03. The molecule has 1 aromatic heterocycles. The van der Waals surface area contributed by atoms with Crippen LogP contribution in [0.1, 0.15) is 29.8 Å². The SMILES string of the molecule is CCN(CC)CCN(C(=O)c1ccc(OC)c(OC)c1)c1nc2ccc(C)cc2s1.Cl. The maximum Gasteiger partial charge on any atom is 0.260 e. The fraction of sp³-hybridized carbons (Fsp3) is 0.391. The van der Waals surface area contributed by atoms with Crippen LogP contribution in [0.3, 0.4) is 0 Å². The molecule has 0 unspecified atom stereocenters. The number of rotatable bonds is 9. The molecule has 0 saturated carbocycles. The van der Waals surface area contributed by atoms with Gasteiger partial charge < -0.3 is 14.4 Å². The lowest BCUT2D eigenvalue weighted by molar-refractivity contribution is 0.0983. The van der Waals surface area contributed by atoms with E-state index >= 15 is 0 Å². The van der Waals surface area contributed by atoms with E-state index < -0.39 is 0 Å². The van der Waals surface area contributed by atoms with Crippen LogP contribution in [0.4, 0.5) is 5.13 Å². The molecule has 2 aromatic carbocycles. The maximum absolute atomic E-state index is 13.5. The molecule has 6 nitrogen and oxygen atoms in total. The number of anilines is 1. The summed E-state index contributed by atoms with van der Waals surface area (Å²) in [5.41, 5.74) is 2.63. The molecule has 0 radical (unpaired) electrons. The van der Waals surface area contributed by atoms with Crippen LogP contribution in [0, 0.1) is 6.92 Å². The molecule has 3 rings (SSSR count). The van der Waals surface area contributed by atoms with Gasteiger partial charge in [0.25, 0.3) is 5.91 Å². The first-order valence-electron chi connectivity index (χ1n) is 10.1. The van der Waals surface area contributed by atoms with Crippen molar-refractivity contribution in [1.29, 1.82) is 0 Å². The molecule has 31 heavy (non-hydrogen) atoms. The van der Waals surface area contributed by atoms with Crippen LogP contribution in [0.5, 0.6) is 11.5 Å². The second-order valence-electron chi connectivity index (χ2n) is 7.02. The van der Waals surface area contributed by atoms with Gasteiger partial charge in [0.1, 0.15) is 0 Å². The molecule has 0 N–H and O–H groups in total. The number of hydrogen-bond acceptors (Lipinski definition) is 6. The van der Waals surface area contributed by atoms with Crippen LogP contribution in [0.25, 0.3) is 10.2 Å². The van der Waals surface area contributed by atoms with Gasteiger partial charge in [-0.1, -0.05) is 31.3 Å². The fourth-order valence-corrected chi connectivity index (χ4v) is 4.41. The van der Waals surface area contributed by atoms with E-state index in [2.05, 4.69) is 31.7 Å². The molecule has 1 amide bonds. The molecule has 0 aliphatic carbocycles. The lowest BCUT2D eigenvalue weighted by Crippen LogP contribution is -2.38. The summed E-state index contributed by atoms with van der Waals surface area (Å²) in [5, 5.41) is 0.711. The number of halogens is 1. The molecule has 0 aliphatic rings. The summed E-state index contributed by atoms with van der Waals surface area (Å²) in [7, 11) is 3.15. The number of aromatic nitrogens is 1. The smallest absolute Gasteiger partial charge is 0.260 e. The van der Waals surface area contributed by atoms with E-state index in [1.54, 1.807) is 48.7 Å². The highest BCUT2D eigenvalue weighted by molar-refractivity contribution is 7.22. The number of carbonyl (C=O) groups excluding carboxylic acids is 1. The number of fused-ring (bicyclic) bond motifs is 1. The summed E-state index contributed by atoms with van der Waals surface area (Å²) in [6.07, 6.45) is 0. The average Bonchev–Trinajstić information content (AvgIpc) is 3.18. The predicted molar refractivity (Wildman–Crippen MR) is 131 cm³/mol. The van der Waals surface area contributed by atoms with Crippen LogP contribution in [-0.2, 0) is 0 Å². The predicted octanol–water partition coefficient (Wildman–Crippen LogP) is 5.03. The Morgan fingerprint density at radius 2 is 1.71 bits per heavy atom. The summed E-state index contributed by atoms with van der Waals surface area (Å²) >= 11 is 1.55. The van der Waals surface area contributed by atoms with Crippen LogP contribution in [0.2, 0.25) is 0 Å². The molecule has 0 bridgehead atoms. The van der Waals surface area contributed by atoms with Crippen molar-refractivity contribution in [3.05, 3.63) is 47.5 Å². The highest BCUT2D eigenvalue weighted by atomic mass is 35.5. The molecule has 0 spiro atoms. The minimum atomic E-state index is -0.0983. The van der Waals surface area contributed by atoms with Gasteiger partial charge in [-0.25, -0.2) is 4.98 Å². The van der Waals surface area contributed by atoms with Crippen LogP contribution < -0.4 is 14.4 Å². The van der Waals surface area contributed by atoms with Crippen LogP contribution >= 0.6 is 23.7 Å². The van der Waals surface area contributed by atoms with Gasteiger partial charge in [-0.05, 0) is 55.9 Å². The van der Waals surface area contributed by atoms with Gasteiger partial charge in [0.2, 0.25) is 0 Å². The summed E-state index contributed by atoms with van der Waals surface area (Å²) in [4.78, 5) is 22.4.